The Bertz CT molecular complexity index is 876. The van der Waals surface area contributed by atoms with Gasteiger partial charge in [-0.05, 0) is 24.6 Å². The van der Waals surface area contributed by atoms with Crippen molar-refractivity contribution < 1.29 is 4.79 Å². The molecule has 1 saturated heterocycles. The van der Waals surface area contributed by atoms with Crippen LogP contribution in [0.25, 0.3) is 22.4 Å². The van der Waals surface area contributed by atoms with Crippen LogP contribution in [0.2, 0.25) is 5.02 Å². The highest BCUT2D eigenvalue weighted by Gasteiger charge is 2.17. The van der Waals surface area contributed by atoms with Crippen LogP contribution in [0, 0.1) is 0 Å². The molecule has 4 rings (SSSR count). The minimum atomic E-state index is 0.562. The average Bonchev–Trinajstić information content (AvgIpc) is 2.92. The van der Waals surface area contributed by atoms with Gasteiger partial charge in [-0.1, -0.05) is 23.7 Å². The van der Waals surface area contributed by atoms with Gasteiger partial charge in [-0.2, -0.15) is 0 Å². The molecule has 1 aliphatic rings. The lowest BCUT2D eigenvalue weighted by Crippen LogP contribution is -2.30. The van der Waals surface area contributed by atoms with E-state index in [1.165, 1.54) is 0 Å². The highest BCUT2D eigenvalue weighted by Crippen LogP contribution is 2.30. The molecule has 0 saturated carbocycles. The number of carbonyl (C=O) groups excluding carboxylic acids is 1. The van der Waals surface area contributed by atoms with Crippen molar-refractivity contribution in [1.82, 2.24) is 19.9 Å². The van der Waals surface area contributed by atoms with Crippen LogP contribution in [-0.2, 0) is 4.79 Å². The summed E-state index contributed by atoms with van der Waals surface area (Å²) in [6.07, 6.45) is 3.50. The fraction of sp³-hybridized carbons (Fsp3) is 0.278. The summed E-state index contributed by atoms with van der Waals surface area (Å²) in [6, 6.07) is 9.86. The molecule has 1 fully saturated rings. The van der Waals surface area contributed by atoms with Gasteiger partial charge in [0.1, 0.15) is 11.6 Å². The molecule has 25 heavy (non-hydrogen) atoms. The third-order valence-electron chi connectivity index (χ3n) is 4.49. The zero-order valence-corrected chi connectivity index (χ0v) is 14.4. The molecule has 0 aliphatic carbocycles. The smallest absolute Gasteiger partial charge is 0.209 e. The van der Waals surface area contributed by atoms with Gasteiger partial charge in [-0.3, -0.25) is 4.79 Å². The Labute approximate surface area is 150 Å². The number of aromatic amines is 1. The largest absolute Gasteiger partial charge is 0.355 e. The molecule has 1 N–H and O–H groups in total. The Morgan fingerprint density at radius 3 is 2.88 bits per heavy atom. The van der Waals surface area contributed by atoms with Crippen LogP contribution >= 0.6 is 11.6 Å². The van der Waals surface area contributed by atoms with Crippen molar-refractivity contribution in [2.24, 2.45) is 0 Å². The Morgan fingerprint density at radius 2 is 2.04 bits per heavy atom. The molecule has 7 heteroatoms. The number of aromatic nitrogens is 3. The minimum absolute atomic E-state index is 0.562. The molecule has 1 amide bonds. The van der Waals surface area contributed by atoms with E-state index in [1.807, 2.05) is 30.3 Å². The third kappa shape index (κ3) is 3.17. The number of halogens is 1. The SMILES string of the molecule is O=CN1CCCN(c2cc(-c3nc4ccccc4[nH]3)c(Cl)cn2)CC1. The van der Waals surface area contributed by atoms with Crippen LogP contribution in [0.3, 0.4) is 0 Å². The summed E-state index contributed by atoms with van der Waals surface area (Å²) in [5.41, 5.74) is 2.71. The number of carbonyl (C=O) groups is 1. The maximum Gasteiger partial charge on any atom is 0.209 e. The lowest BCUT2D eigenvalue weighted by atomic mass is 10.2. The van der Waals surface area contributed by atoms with E-state index in [-0.39, 0.29) is 0 Å². The van der Waals surface area contributed by atoms with Crippen molar-refractivity contribution in [2.45, 2.75) is 6.42 Å². The molecular weight excluding hydrogens is 338 g/mol. The molecule has 0 unspecified atom stereocenters. The highest BCUT2D eigenvalue weighted by atomic mass is 35.5. The van der Waals surface area contributed by atoms with E-state index in [1.54, 1.807) is 11.1 Å². The fourth-order valence-corrected chi connectivity index (χ4v) is 3.33. The summed E-state index contributed by atoms with van der Waals surface area (Å²) in [5.74, 6) is 1.59. The number of fused-ring (bicyclic) bond motifs is 1. The maximum atomic E-state index is 11.0. The molecule has 0 atom stereocenters. The number of rotatable bonds is 3. The number of nitrogens with one attached hydrogen (secondary N) is 1. The van der Waals surface area contributed by atoms with Gasteiger partial charge < -0.3 is 14.8 Å². The van der Waals surface area contributed by atoms with Crippen LogP contribution in [0.5, 0.6) is 0 Å². The van der Waals surface area contributed by atoms with E-state index in [4.69, 9.17) is 11.6 Å². The maximum absolute atomic E-state index is 11.0. The molecule has 3 aromatic rings. The normalized spacial score (nSPS) is 15.4. The van der Waals surface area contributed by atoms with Gasteiger partial charge in [-0.25, -0.2) is 9.97 Å². The third-order valence-corrected chi connectivity index (χ3v) is 4.79. The standard InChI is InChI=1S/C18H18ClN5O/c19-14-11-20-17(24-7-3-6-23(12-25)8-9-24)10-13(14)18-21-15-4-1-2-5-16(15)22-18/h1-2,4-5,10-12H,3,6-9H2,(H,21,22). The van der Waals surface area contributed by atoms with Crippen LogP contribution in [0.1, 0.15) is 6.42 Å². The first-order valence-electron chi connectivity index (χ1n) is 8.29. The summed E-state index contributed by atoms with van der Waals surface area (Å²) in [5, 5.41) is 0.562. The molecule has 6 nitrogen and oxygen atoms in total. The summed E-state index contributed by atoms with van der Waals surface area (Å²) >= 11 is 6.38. The average molecular weight is 356 g/mol. The zero-order valence-electron chi connectivity index (χ0n) is 13.7. The van der Waals surface area contributed by atoms with Crippen molar-refractivity contribution in [3.05, 3.63) is 41.6 Å². The van der Waals surface area contributed by atoms with E-state index in [0.717, 1.165) is 60.7 Å². The van der Waals surface area contributed by atoms with Gasteiger partial charge in [0.05, 0.1) is 16.1 Å². The van der Waals surface area contributed by atoms with Crippen molar-refractivity contribution in [3.8, 4) is 11.4 Å². The lowest BCUT2D eigenvalue weighted by Gasteiger charge is -2.22. The molecule has 0 spiro atoms. The lowest BCUT2D eigenvalue weighted by molar-refractivity contribution is -0.117. The number of benzene rings is 1. The molecule has 1 aromatic carbocycles. The van der Waals surface area contributed by atoms with Crippen LogP contribution in [0.4, 0.5) is 5.82 Å². The van der Waals surface area contributed by atoms with Crippen molar-refractivity contribution >= 4 is 34.9 Å². The van der Waals surface area contributed by atoms with E-state index in [9.17, 15) is 4.79 Å². The number of anilines is 1. The van der Waals surface area contributed by atoms with Gasteiger partial charge in [0.2, 0.25) is 6.41 Å². The number of pyridine rings is 1. The number of para-hydroxylation sites is 2. The number of imidazole rings is 1. The number of hydrogen-bond donors (Lipinski definition) is 1. The summed E-state index contributed by atoms with van der Waals surface area (Å²) < 4.78 is 0. The van der Waals surface area contributed by atoms with Gasteiger partial charge in [0.15, 0.2) is 0 Å². The minimum Gasteiger partial charge on any atom is -0.355 e. The molecule has 2 aromatic heterocycles. The molecular formula is C18H18ClN5O. The first-order valence-corrected chi connectivity index (χ1v) is 8.67. The van der Waals surface area contributed by atoms with Gasteiger partial charge in [0.25, 0.3) is 0 Å². The molecule has 0 radical (unpaired) electrons. The Hall–Kier alpha value is -2.60. The fourth-order valence-electron chi connectivity index (χ4n) is 3.13. The van der Waals surface area contributed by atoms with Gasteiger partial charge >= 0.3 is 0 Å². The second-order valence-electron chi connectivity index (χ2n) is 6.11. The predicted molar refractivity (Wildman–Crippen MR) is 98.8 cm³/mol. The van der Waals surface area contributed by atoms with E-state index in [2.05, 4.69) is 19.9 Å². The van der Waals surface area contributed by atoms with E-state index in [0.29, 0.717) is 11.6 Å². The van der Waals surface area contributed by atoms with E-state index >= 15 is 0 Å². The number of nitrogens with zero attached hydrogens (tertiary/aromatic N) is 4. The predicted octanol–water partition coefficient (Wildman–Crippen LogP) is 2.95. The van der Waals surface area contributed by atoms with Gasteiger partial charge in [0, 0.05) is 37.9 Å². The number of amides is 1. The number of H-pyrrole nitrogens is 1. The van der Waals surface area contributed by atoms with Gasteiger partial charge in [-0.15, -0.1) is 0 Å². The van der Waals surface area contributed by atoms with Crippen LogP contribution in [-0.4, -0.2) is 52.4 Å². The molecule has 0 bridgehead atoms. The van der Waals surface area contributed by atoms with Crippen molar-refractivity contribution in [3.63, 3.8) is 0 Å². The first kappa shape index (κ1) is 15.9. The summed E-state index contributed by atoms with van der Waals surface area (Å²) in [6.45, 7) is 3.10. The summed E-state index contributed by atoms with van der Waals surface area (Å²) in [7, 11) is 0. The Balaban J connectivity index is 1.67. The Morgan fingerprint density at radius 1 is 1.16 bits per heavy atom. The quantitative estimate of drug-likeness (QED) is 0.734. The highest BCUT2D eigenvalue weighted by molar-refractivity contribution is 6.33. The second-order valence-corrected chi connectivity index (χ2v) is 6.51. The zero-order chi connectivity index (χ0) is 17.2. The second kappa shape index (κ2) is 6.72. The number of hydrogen-bond acceptors (Lipinski definition) is 4. The van der Waals surface area contributed by atoms with Crippen LogP contribution in [0.15, 0.2) is 36.5 Å². The Kier molecular flexibility index (Phi) is 4.28. The van der Waals surface area contributed by atoms with E-state index < -0.39 is 0 Å². The first-order chi connectivity index (χ1) is 12.2. The monoisotopic (exact) mass is 355 g/mol. The van der Waals surface area contributed by atoms with Crippen molar-refractivity contribution in [2.75, 3.05) is 31.1 Å². The van der Waals surface area contributed by atoms with Crippen molar-refractivity contribution in [1.29, 1.82) is 0 Å². The summed E-state index contributed by atoms with van der Waals surface area (Å²) in [4.78, 5) is 27.4. The molecule has 3 heterocycles. The molecule has 1 aliphatic heterocycles. The molecule has 128 valence electrons. The van der Waals surface area contributed by atoms with Crippen LogP contribution < -0.4 is 4.90 Å². The topological polar surface area (TPSA) is 65.1 Å².